The highest BCUT2D eigenvalue weighted by Gasteiger charge is 2.41. The summed E-state index contributed by atoms with van der Waals surface area (Å²) in [6.45, 7) is 1.50. The van der Waals surface area contributed by atoms with Gasteiger partial charge in [-0.25, -0.2) is 0 Å². The fraction of sp³-hybridized carbons (Fsp3) is 1.00. The topological polar surface area (TPSA) is 55.5 Å². The Bertz CT molecular complexity index is 247. The molecule has 0 bridgehead atoms. The Morgan fingerprint density at radius 3 is 2.65 bits per heavy atom. The summed E-state index contributed by atoms with van der Waals surface area (Å²) in [6.07, 6.45) is -3.78. The molecule has 3 unspecified atom stereocenters. The van der Waals surface area contributed by atoms with Crippen LogP contribution in [0.1, 0.15) is 32.6 Å². The molecule has 0 aromatic carbocycles. The predicted molar refractivity (Wildman–Crippen MR) is 57.4 cm³/mol. The molecule has 1 aliphatic rings. The number of nitrogens with two attached hydrogens (primary N) is 1. The zero-order chi connectivity index (χ0) is 13.1. The van der Waals surface area contributed by atoms with Crippen molar-refractivity contribution in [1.82, 2.24) is 0 Å². The predicted octanol–water partition coefficient (Wildman–Crippen LogP) is 1.83. The molecule has 3 atom stereocenters. The van der Waals surface area contributed by atoms with E-state index >= 15 is 0 Å². The van der Waals surface area contributed by atoms with Crippen molar-refractivity contribution in [3.05, 3.63) is 0 Å². The number of rotatable bonds is 4. The van der Waals surface area contributed by atoms with Gasteiger partial charge in [-0.05, 0) is 18.8 Å². The van der Waals surface area contributed by atoms with E-state index in [-0.39, 0.29) is 6.54 Å². The molecule has 1 fully saturated rings. The van der Waals surface area contributed by atoms with Gasteiger partial charge in [0.25, 0.3) is 0 Å². The Balaban J connectivity index is 2.52. The van der Waals surface area contributed by atoms with E-state index in [0.29, 0.717) is 18.8 Å². The SMILES string of the molecule is CC1CCCC(CN)(OCC(O)C(F)(F)F)C1. The van der Waals surface area contributed by atoms with Crippen LogP contribution in [0, 0.1) is 5.92 Å². The van der Waals surface area contributed by atoms with Crippen LogP contribution in [-0.4, -0.2) is 36.1 Å². The van der Waals surface area contributed by atoms with Gasteiger partial charge in [0.15, 0.2) is 6.10 Å². The molecule has 6 heteroatoms. The van der Waals surface area contributed by atoms with Crippen molar-refractivity contribution >= 4 is 0 Å². The summed E-state index contributed by atoms with van der Waals surface area (Å²) in [4.78, 5) is 0. The molecule has 0 aromatic heterocycles. The number of hydrogen-bond acceptors (Lipinski definition) is 3. The van der Waals surface area contributed by atoms with E-state index < -0.39 is 24.5 Å². The lowest BCUT2D eigenvalue weighted by Gasteiger charge is -2.39. The van der Waals surface area contributed by atoms with Crippen LogP contribution in [-0.2, 0) is 4.74 Å². The lowest BCUT2D eigenvalue weighted by atomic mass is 9.79. The van der Waals surface area contributed by atoms with Crippen molar-refractivity contribution in [3.8, 4) is 0 Å². The van der Waals surface area contributed by atoms with Crippen molar-refractivity contribution in [2.24, 2.45) is 11.7 Å². The number of halogens is 3. The first kappa shape index (κ1) is 14.7. The standard InChI is InChI=1S/C11H20F3NO2/c1-8-3-2-4-10(5-8,7-15)17-6-9(16)11(12,13)14/h8-9,16H,2-7,15H2,1H3. The second-order valence-electron chi connectivity index (χ2n) is 4.96. The molecule has 0 saturated heterocycles. The van der Waals surface area contributed by atoms with Crippen molar-refractivity contribution < 1.29 is 23.0 Å². The average molecular weight is 255 g/mol. The molecular weight excluding hydrogens is 235 g/mol. The summed E-state index contributed by atoms with van der Waals surface area (Å²) in [5.41, 5.74) is 4.92. The number of aliphatic hydroxyl groups is 1. The molecule has 0 spiro atoms. The third kappa shape index (κ3) is 4.12. The third-order valence-electron chi connectivity index (χ3n) is 3.35. The van der Waals surface area contributed by atoms with Crippen molar-refractivity contribution in [2.75, 3.05) is 13.2 Å². The second-order valence-corrected chi connectivity index (χ2v) is 4.96. The van der Waals surface area contributed by atoms with E-state index in [2.05, 4.69) is 0 Å². The van der Waals surface area contributed by atoms with Crippen molar-refractivity contribution in [1.29, 1.82) is 0 Å². The van der Waals surface area contributed by atoms with Crippen LogP contribution in [0.15, 0.2) is 0 Å². The Kier molecular flexibility index (Phi) is 4.80. The van der Waals surface area contributed by atoms with Gasteiger partial charge in [-0.3, -0.25) is 0 Å². The first-order chi connectivity index (χ1) is 7.79. The van der Waals surface area contributed by atoms with Crippen LogP contribution < -0.4 is 5.73 Å². The summed E-state index contributed by atoms with van der Waals surface area (Å²) in [5.74, 6) is 0.398. The molecule has 1 rings (SSSR count). The summed E-state index contributed by atoms with van der Waals surface area (Å²) in [5, 5.41) is 8.90. The van der Waals surface area contributed by atoms with E-state index in [0.717, 1.165) is 12.8 Å². The molecule has 102 valence electrons. The maximum Gasteiger partial charge on any atom is 0.416 e. The summed E-state index contributed by atoms with van der Waals surface area (Å²) in [6, 6.07) is 0. The molecule has 1 saturated carbocycles. The lowest BCUT2D eigenvalue weighted by molar-refractivity contribution is -0.230. The van der Waals surface area contributed by atoms with Crippen LogP contribution in [0.25, 0.3) is 0 Å². The van der Waals surface area contributed by atoms with E-state index in [1.165, 1.54) is 0 Å². The lowest BCUT2D eigenvalue weighted by Crippen LogP contribution is -2.47. The summed E-state index contributed by atoms with van der Waals surface area (Å²) >= 11 is 0. The van der Waals surface area contributed by atoms with Gasteiger partial charge < -0.3 is 15.6 Å². The zero-order valence-electron chi connectivity index (χ0n) is 9.96. The normalized spacial score (nSPS) is 32.5. The van der Waals surface area contributed by atoms with Gasteiger partial charge in [-0.2, -0.15) is 13.2 Å². The molecule has 0 radical (unpaired) electrons. The Morgan fingerprint density at radius 1 is 1.53 bits per heavy atom. The zero-order valence-corrected chi connectivity index (χ0v) is 9.96. The summed E-state index contributed by atoms with van der Waals surface area (Å²) in [7, 11) is 0. The highest BCUT2D eigenvalue weighted by atomic mass is 19.4. The van der Waals surface area contributed by atoms with Crippen LogP contribution in [0.3, 0.4) is 0 Å². The van der Waals surface area contributed by atoms with Crippen molar-refractivity contribution in [3.63, 3.8) is 0 Å². The monoisotopic (exact) mass is 255 g/mol. The van der Waals surface area contributed by atoms with Gasteiger partial charge in [0.05, 0.1) is 12.2 Å². The van der Waals surface area contributed by atoms with E-state index in [1.807, 2.05) is 6.92 Å². The fourth-order valence-electron chi connectivity index (χ4n) is 2.34. The van der Waals surface area contributed by atoms with E-state index in [9.17, 15) is 13.2 Å². The Labute approximate surface area is 99.1 Å². The minimum absolute atomic E-state index is 0.196. The fourth-order valence-corrected chi connectivity index (χ4v) is 2.34. The minimum atomic E-state index is -4.63. The van der Waals surface area contributed by atoms with Crippen LogP contribution >= 0.6 is 0 Å². The molecular formula is C11H20F3NO2. The van der Waals surface area contributed by atoms with Gasteiger partial charge >= 0.3 is 6.18 Å². The molecule has 3 N–H and O–H groups in total. The van der Waals surface area contributed by atoms with E-state index in [1.54, 1.807) is 0 Å². The molecule has 1 aliphatic carbocycles. The molecule has 17 heavy (non-hydrogen) atoms. The van der Waals surface area contributed by atoms with Crippen molar-refractivity contribution in [2.45, 2.75) is 50.5 Å². The number of ether oxygens (including phenoxy) is 1. The van der Waals surface area contributed by atoms with Gasteiger partial charge in [0.1, 0.15) is 0 Å². The molecule has 3 nitrogen and oxygen atoms in total. The Hall–Kier alpha value is -0.330. The maximum atomic E-state index is 12.1. The Morgan fingerprint density at radius 2 is 2.18 bits per heavy atom. The smallest absolute Gasteiger partial charge is 0.382 e. The molecule has 0 amide bonds. The van der Waals surface area contributed by atoms with Gasteiger partial charge in [-0.1, -0.05) is 19.8 Å². The average Bonchev–Trinajstić information content (AvgIpc) is 2.24. The number of alkyl halides is 3. The van der Waals surface area contributed by atoms with Gasteiger partial charge in [0.2, 0.25) is 0 Å². The second kappa shape index (κ2) is 5.54. The first-order valence-electron chi connectivity index (χ1n) is 5.88. The quantitative estimate of drug-likeness (QED) is 0.806. The van der Waals surface area contributed by atoms with E-state index in [4.69, 9.17) is 15.6 Å². The highest BCUT2D eigenvalue weighted by Crippen LogP contribution is 2.35. The summed E-state index contributed by atoms with van der Waals surface area (Å²) < 4.78 is 41.7. The highest BCUT2D eigenvalue weighted by molar-refractivity contribution is 4.88. The van der Waals surface area contributed by atoms with Crippen LogP contribution in [0.5, 0.6) is 0 Å². The van der Waals surface area contributed by atoms with Gasteiger partial charge in [0, 0.05) is 6.54 Å². The third-order valence-corrected chi connectivity index (χ3v) is 3.35. The van der Waals surface area contributed by atoms with Gasteiger partial charge in [-0.15, -0.1) is 0 Å². The molecule has 0 aromatic rings. The van der Waals surface area contributed by atoms with Crippen LogP contribution in [0.2, 0.25) is 0 Å². The number of aliphatic hydroxyl groups excluding tert-OH is 1. The molecule has 0 aliphatic heterocycles. The maximum absolute atomic E-state index is 12.1. The number of hydrogen-bond donors (Lipinski definition) is 2. The molecule has 0 heterocycles. The minimum Gasteiger partial charge on any atom is -0.382 e. The largest absolute Gasteiger partial charge is 0.416 e. The first-order valence-corrected chi connectivity index (χ1v) is 5.88. The van der Waals surface area contributed by atoms with Crippen LogP contribution in [0.4, 0.5) is 13.2 Å².